The first-order valence-electron chi connectivity index (χ1n) is 5.71. The molecule has 0 fully saturated rings. The van der Waals surface area contributed by atoms with Crippen LogP contribution in [0.25, 0.3) is 11.0 Å². The van der Waals surface area contributed by atoms with Gasteiger partial charge in [-0.15, -0.1) is 0 Å². The lowest BCUT2D eigenvalue weighted by Crippen LogP contribution is -2.03. The highest BCUT2D eigenvalue weighted by Gasteiger charge is 2.07. The van der Waals surface area contributed by atoms with Crippen molar-refractivity contribution in [3.63, 3.8) is 0 Å². The molecule has 18 heavy (non-hydrogen) atoms. The van der Waals surface area contributed by atoms with Crippen molar-refractivity contribution in [1.29, 1.82) is 0 Å². The number of rotatable bonds is 2. The number of benzene rings is 1. The molecule has 0 saturated carbocycles. The van der Waals surface area contributed by atoms with Crippen molar-refractivity contribution >= 4 is 16.9 Å². The molecular formula is C13H13N5. The van der Waals surface area contributed by atoms with E-state index in [1.165, 1.54) is 17.5 Å². The molecule has 0 radical (unpaired) electrons. The molecule has 0 unspecified atom stereocenters. The third-order valence-electron chi connectivity index (χ3n) is 2.92. The summed E-state index contributed by atoms with van der Waals surface area (Å²) in [7, 11) is 0. The van der Waals surface area contributed by atoms with Gasteiger partial charge in [0.15, 0.2) is 5.65 Å². The third kappa shape index (κ3) is 1.79. The summed E-state index contributed by atoms with van der Waals surface area (Å²) in [6, 6.07) is 8.36. The van der Waals surface area contributed by atoms with Gasteiger partial charge in [0.05, 0.1) is 18.1 Å². The number of anilines is 1. The smallest absolute Gasteiger partial charge is 0.163 e. The monoisotopic (exact) mass is 239 g/mol. The molecule has 3 aromatic rings. The van der Waals surface area contributed by atoms with Crippen LogP contribution in [0.4, 0.5) is 5.82 Å². The highest BCUT2D eigenvalue weighted by atomic mass is 15.3. The number of fused-ring (bicyclic) bond motifs is 1. The van der Waals surface area contributed by atoms with Gasteiger partial charge >= 0.3 is 0 Å². The van der Waals surface area contributed by atoms with E-state index in [0.29, 0.717) is 12.4 Å². The molecule has 0 amide bonds. The minimum Gasteiger partial charge on any atom is -0.383 e. The highest BCUT2D eigenvalue weighted by Crippen LogP contribution is 2.16. The normalized spacial score (nSPS) is 10.9. The van der Waals surface area contributed by atoms with E-state index in [1.807, 2.05) is 4.68 Å². The van der Waals surface area contributed by atoms with Gasteiger partial charge in [-0.05, 0) is 12.5 Å². The summed E-state index contributed by atoms with van der Waals surface area (Å²) in [6.45, 7) is 2.75. The molecule has 0 bridgehead atoms. The molecule has 0 aliphatic rings. The van der Waals surface area contributed by atoms with E-state index in [0.717, 1.165) is 11.0 Å². The SMILES string of the molecule is Cc1ccc(Cn2ncc3c(N)ncnc32)cc1. The molecule has 0 spiro atoms. The van der Waals surface area contributed by atoms with Crippen LogP contribution in [0, 0.1) is 6.92 Å². The molecule has 0 saturated heterocycles. The number of nitrogens with zero attached hydrogens (tertiary/aromatic N) is 4. The molecule has 2 aromatic heterocycles. The minimum atomic E-state index is 0.468. The fourth-order valence-electron chi connectivity index (χ4n) is 1.89. The van der Waals surface area contributed by atoms with Crippen molar-refractivity contribution in [2.24, 2.45) is 0 Å². The van der Waals surface area contributed by atoms with E-state index in [9.17, 15) is 0 Å². The Balaban J connectivity index is 2.00. The first-order chi connectivity index (χ1) is 8.74. The molecule has 5 nitrogen and oxygen atoms in total. The lowest BCUT2D eigenvalue weighted by Gasteiger charge is -2.03. The fraction of sp³-hybridized carbons (Fsp3) is 0.154. The number of aromatic nitrogens is 4. The summed E-state index contributed by atoms with van der Waals surface area (Å²) in [4.78, 5) is 8.18. The average Bonchev–Trinajstić information content (AvgIpc) is 2.77. The van der Waals surface area contributed by atoms with Crippen LogP contribution in [0.15, 0.2) is 36.8 Å². The standard InChI is InChI=1S/C13H13N5/c1-9-2-4-10(5-3-9)7-18-13-11(6-17-18)12(14)15-8-16-13/h2-6,8H,7H2,1H3,(H2,14,15,16). The number of nitrogen functional groups attached to an aromatic ring is 1. The Hall–Kier alpha value is -2.43. The van der Waals surface area contributed by atoms with Crippen LogP contribution in [-0.4, -0.2) is 19.7 Å². The van der Waals surface area contributed by atoms with Crippen molar-refractivity contribution < 1.29 is 0 Å². The van der Waals surface area contributed by atoms with Gasteiger partial charge in [-0.1, -0.05) is 29.8 Å². The van der Waals surface area contributed by atoms with Crippen LogP contribution < -0.4 is 5.73 Å². The lowest BCUT2D eigenvalue weighted by molar-refractivity contribution is 0.703. The Bertz CT molecular complexity index is 684. The van der Waals surface area contributed by atoms with E-state index >= 15 is 0 Å². The van der Waals surface area contributed by atoms with Crippen LogP contribution in [0.3, 0.4) is 0 Å². The minimum absolute atomic E-state index is 0.468. The van der Waals surface area contributed by atoms with E-state index in [4.69, 9.17) is 5.73 Å². The zero-order valence-corrected chi connectivity index (χ0v) is 10.0. The lowest BCUT2D eigenvalue weighted by atomic mass is 10.1. The van der Waals surface area contributed by atoms with Gasteiger partial charge < -0.3 is 5.73 Å². The largest absolute Gasteiger partial charge is 0.383 e. The van der Waals surface area contributed by atoms with Crippen molar-refractivity contribution in [3.8, 4) is 0 Å². The molecule has 3 rings (SSSR count). The van der Waals surface area contributed by atoms with Gasteiger partial charge in [-0.25, -0.2) is 14.6 Å². The van der Waals surface area contributed by atoms with E-state index < -0.39 is 0 Å². The topological polar surface area (TPSA) is 69.6 Å². The number of aryl methyl sites for hydroxylation is 1. The van der Waals surface area contributed by atoms with Gasteiger partial charge in [0.2, 0.25) is 0 Å². The fourth-order valence-corrected chi connectivity index (χ4v) is 1.89. The zero-order valence-electron chi connectivity index (χ0n) is 10.0. The van der Waals surface area contributed by atoms with Crippen LogP contribution in [-0.2, 0) is 6.54 Å². The van der Waals surface area contributed by atoms with Crippen molar-refractivity contribution in [2.45, 2.75) is 13.5 Å². The highest BCUT2D eigenvalue weighted by molar-refractivity contribution is 5.84. The van der Waals surface area contributed by atoms with Gasteiger partial charge in [-0.2, -0.15) is 5.10 Å². The molecule has 2 N–H and O–H groups in total. The summed E-state index contributed by atoms with van der Waals surface area (Å²) in [5.41, 5.74) is 8.97. The second-order valence-corrected chi connectivity index (χ2v) is 4.28. The Morgan fingerprint density at radius 2 is 1.94 bits per heavy atom. The van der Waals surface area contributed by atoms with Gasteiger partial charge in [0.1, 0.15) is 12.1 Å². The van der Waals surface area contributed by atoms with Crippen LogP contribution >= 0.6 is 0 Å². The second-order valence-electron chi connectivity index (χ2n) is 4.28. The van der Waals surface area contributed by atoms with Gasteiger partial charge in [0.25, 0.3) is 0 Å². The summed E-state index contributed by atoms with van der Waals surface area (Å²) < 4.78 is 1.83. The van der Waals surface area contributed by atoms with Crippen molar-refractivity contribution in [2.75, 3.05) is 5.73 Å². The molecule has 0 atom stereocenters. The van der Waals surface area contributed by atoms with Gasteiger partial charge in [-0.3, -0.25) is 0 Å². The maximum atomic E-state index is 5.78. The van der Waals surface area contributed by atoms with Crippen LogP contribution in [0.2, 0.25) is 0 Å². The molecular weight excluding hydrogens is 226 g/mol. The van der Waals surface area contributed by atoms with E-state index in [-0.39, 0.29) is 0 Å². The molecule has 5 heteroatoms. The Morgan fingerprint density at radius 3 is 2.72 bits per heavy atom. The molecule has 2 heterocycles. The first kappa shape index (κ1) is 10.7. The molecule has 0 aliphatic heterocycles. The maximum absolute atomic E-state index is 5.78. The summed E-state index contributed by atoms with van der Waals surface area (Å²) in [5, 5.41) is 5.10. The van der Waals surface area contributed by atoms with Crippen LogP contribution in [0.5, 0.6) is 0 Å². The zero-order chi connectivity index (χ0) is 12.5. The van der Waals surface area contributed by atoms with Crippen molar-refractivity contribution in [3.05, 3.63) is 47.9 Å². The maximum Gasteiger partial charge on any atom is 0.163 e. The molecule has 1 aromatic carbocycles. The van der Waals surface area contributed by atoms with Gasteiger partial charge in [0, 0.05) is 0 Å². The third-order valence-corrected chi connectivity index (χ3v) is 2.92. The Labute approximate surface area is 104 Å². The summed E-state index contributed by atoms with van der Waals surface area (Å²) >= 11 is 0. The van der Waals surface area contributed by atoms with E-state index in [1.54, 1.807) is 6.20 Å². The number of hydrogen-bond acceptors (Lipinski definition) is 4. The van der Waals surface area contributed by atoms with E-state index in [2.05, 4.69) is 46.3 Å². The Kier molecular flexibility index (Phi) is 2.44. The van der Waals surface area contributed by atoms with Crippen LogP contribution in [0.1, 0.15) is 11.1 Å². The predicted molar refractivity (Wildman–Crippen MR) is 70.0 cm³/mol. The number of nitrogens with two attached hydrogens (primary N) is 1. The van der Waals surface area contributed by atoms with Crippen molar-refractivity contribution in [1.82, 2.24) is 19.7 Å². The first-order valence-corrected chi connectivity index (χ1v) is 5.71. The predicted octanol–water partition coefficient (Wildman–Crippen LogP) is 1.77. The number of hydrogen-bond donors (Lipinski definition) is 1. The average molecular weight is 239 g/mol. The molecule has 0 aliphatic carbocycles. The Morgan fingerprint density at radius 1 is 1.17 bits per heavy atom. The quantitative estimate of drug-likeness (QED) is 0.739. The molecule has 90 valence electrons. The summed E-state index contributed by atoms with van der Waals surface area (Å²) in [6.07, 6.45) is 3.17. The second kappa shape index (κ2) is 4.10. The summed E-state index contributed by atoms with van der Waals surface area (Å²) in [5.74, 6) is 0.468.